The van der Waals surface area contributed by atoms with E-state index in [-0.39, 0.29) is 5.97 Å². The van der Waals surface area contributed by atoms with Crippen molar-refractivity contribution >= 4 is 18.0 Å². The van der Waals surface area contributed by atoms with E-state index in [0.29, 0.717) is 24.5 Å². The van der Waals surface area contributed by atoms with Gasteiger partial charge in [-0.3, -0.25) is 0 Å². The molecule has 0 saturated carbocycles. The zero-order valence-corrected chi connectivity index (χ0v) is 22.6. The number of hydrogen-bond donors (Lipinski definition) is 0. The van der Waals surface area contributed by atoms with Gasteiger partial charge in [-0.2, -0.15) is 0 Å². The molecule has 0 aliphatic heterocycles. The number of carbonyl (C=O) groups is 2. The van der Waals surface area contributed by atoms with Gasteiger partial charge in [-0.15, -0.1) is 0 Å². The Morgan fingerprint density at radius 1 is 0.769 bits per heavy atom. The Kier molecular flexibility index (Phi) is 11.6. The summed E-state index contributed by atoms with van der Waals surface area (Å²) >= 11 is 0. The lowest BCUT2D eigenvalue weighted by atomic mass is 10.1. The van der Waals surface area contributed by atoms with E-state index in [1.165, 1.54) is 11.6 Å². The first kappa shape index (κ1) is 29.0. The molecule has 0 aliphatic rings. The molecule has 0 atom stereocenters. The molecule has 0 radical (unpaired) electrons. The monoisotopic (exact) mass is 522 g/mol. The lowest BCUT2D eigenvalue weighted by molar-refractivity contribution is -0.139. The van der Waals surface area contributed by atoms with Crippen LogP contribution in [0.2, 0.25) is 0 Å². The summed E-state index contributed by atoms with van der Waals surface area (Å²) in [5.74, 6) is 6.76. The van der Waals surface area contributed by atoms with Crippen molar-refractivity contribution in [2.45, 2.75) is 39.5 Å². The van der Waals surface area contributed by atoms with E-state index < -0.39 is 5.97 Å². The molecule has 0 aliphatic carbocycles. The second-order valence-corrected chi connectivity index (χ2v) is 9.14. The van der Waals surface area contributed by atoms with E-state index in [1.54, 1.807) is 25.1 Å². The van der Waals surface area contributed by atoms with Gasteiger partial charge in [-0.25, -0.2) is 9.59 Å². The van der Waals surface area contributed by atoms with Gasteiger partial charge in [0.15, 0.2) is 0 Å². The number of hydrogen-bond acceptors (Lipinski definition) is 5. The summed E-state index contributed by atoms with van der Waals surface area (Å²) in [6.45, 7) is 8.29. The van der Waals surface area contributed by atoms with Gasteiger partial charge < -0.3 is 14.2 Å². The van der Waals surface area contributed by atoms with Crippen molar-refractivity contribution < 1.29 is 23.8 Å². The second-order valence-electron chi connectivity index (χ2n) is 9.14. The van der Waals surface area contributed by atoms with Crippen molar-refractivity contribution in [3.63, 3.8) is 0 Å². The number of aryl methyl sites for hydroxylation is 1. The molecule has 0 spiro atoms. The minimum absolute atomic E-state index is 0.328. The van der Waals surface area contributed by atoms with Crippen LogP contribution in [-0.4, -0.2) is 25.2 Å². The molecule has 0 aromatic heterocycles. The number of carbonyl (C=O) groups excluding carboxylic acids is 2. The molecule has 5 nitrogen and oxygen atoms in total. The fraction of sp³-hybridized carbons (Fsp3) is 0.235. The first-order valence-corrected chi connectivity index (χ1v) is 13.0. The molecule has 0 unspecified atom stereocenters. The summed E-state index contributed by atoms with van der Waals surface area (Å²) in [6.07, 6.45) is 6.91. The number of ether oxygens (including phenoxy) is 3. The summed E-state index contributed by atoms with van der Waals surface area (Å²) in [5.41, 5.74) is 4.23. The highest BCUT2D eigenvalue weighted by molar-refractivity contribution is 5.88. The van der Waals surface area contributed by atoms with Crippen LogP contribution in [0.25, 0.3) is 6.08 Å². The molecule has 0 saturated heterocycles. The van der Waals surface area contributed by atoms with E-state index in [9.17, 15) is 9.59 Å². The standard InChI is InChI=1S/C34H34O5/c1-26(2)34(36)38-25-7-5-4-6-24-37-31-19-14-29(15-20-31)12-13-30-16-21-32(22-17-30)39-33(35)23-18-28-10-8-27(3)9-11-28/h8-11,14-23H,1,4-7,24-25H2,2-3H3/b23-18+. The fourth-order valence-corrected chi connectivity index (χ4v) is 3.41. The van der Waals surface area contributed by atoms with Gasteiger partial charge >= 0.3 is 11.9 Å². The largest absolute Gasteiger partial charge is 0.494 e. The van der Waals surface area contributed by atoms with Crippen molar-refractivity contribution in [2.75, 3.05) is 13.2 Å². The van der Waals surface area contributed by atoms with Crippen molar-refractivity contribution in [2.24, 2.45) is 0 Å². The molecule has 0 amide bonds. The molecule has 0 fully saturated rings. The number of unbranched alkanes of at least 4 members (excludes halogenated alkanes) is 3. The summed E-state index contributed by atoms with van der Waals surface area (Å²) in [4.78, 5) is 23.4. The van der Waals surface area contributed by atoms with Crippen LogP contribution in [0, 0.1) is 18.8 Å². The Morgan fingerprint density at radius 3 is 1.92 bits per heavy atom. The topological polar surface area (TPSA) is 61.8 Å². The van der Waals surface area contributed by atoms with Crippen LogP contribution >= 0.6 is 0 Å². The quantitative estimate of drug-likeness (QED) is 0.0837. The Bertz CT molecular complexity index is 1320. The maximum Gasteiger partial charge on any atom is 0.336 e. The Balaban J connectivity index is 1.36. The van der Waals surface area contributed by atoms with Gasteiger partial charge in [-0.1, -0.05) is 48.2 Å². The summed E-state index contributed by atoms with van der Waals surface area (Å²) in [7, 11) is 0. The average molecular weight is 523 g/mol. The van der Waals surface area contributed by atoms with Gasteiger partial charge in [0.1, 0.15) is 11.5 Å². The number of benzene rings is 3. The van der Waals surface area contributed by atoms with Crippen LogP contribution in [0.1, 0.15) is 54.9 Å². The minimum Gasteiger partial charge on any atom is -0.494 e. The summed E-state index contributed by atoms with van der Waals surface area (Å²) < 4.78 is 16.2. The molecule has 5 heteroatoms. The zero-order chi connectivity index (χ0) is 27.9. The molecule has 3 aromatic rings. The molecule has 0 heterocycles. The molecular formula is C34H34O5. The first-order chi connectivity index (χ1) is 18.9. The highest BCUT2D eigenvalue weighted by Gasteiger charge is 2.03. The number of esters is 2. The van der Waals surface area contributed by atoms with Gasteiger partial charge in [0.2, 0.25) is 0 Å². The molecule has 39 heavy (non-hydrogen) atoms. The zero-order valence-electron chi connectivity index (χ0n) is 22.6. The predicted octanol–water partition coefficient (Wildman–Crippen LogP) is 7.07. The van der Waals surface area contributed by atoms with Crippen LogP contribution in [-0.2, 0) is 14.3 Å². The highest BCUT2D eigenvalue weighted by Crippen LogP contribution is 2.15. The molecular weight excluding hydrogens is 488 g/mol. The van der Waals surface area contributed by atoms with Crippen molar-refractivity contribution in [1.29, 1.82) is 0 Å². The van der Waals surface area contributed by atoms with Gasteiger partial charge in [0, 0.05) is 22.8 Å². The third kappa shape index (κ3) is 11.2. The molecule has 0 N–H and O–H groups in total. The van der Waals surface area contributed by atoms with E-state index in [1.807, 2.05) is 67.6 Å². The van der Waals surface area contributed by atoms with Crippen molar-refractivity contribution in [1.82, 2.24) is 0 Å². The van der Waals surface area contributed by atoms with E-state index in [2.05, 4.69) is 18.4 Å². The van der Waals surface area contributed by atoms with Gasteiger partial charge in [-0.05, 0) is 99.7 Å². The van der Waals surface area contributed by atoms with Gasteiger partial charge in [0.05, 0.1) is 13.2 Å². The van der Waals surface area contributed by atoms with Crippen LogP contribution in [0.5, 0.6) is 11.5 Å². The maximum atomic E-state index is 12.1. The first-order valence-electron chi connectivity index (χ1n) is 13.0. The molecule has 200 valence electrons. The lowest BCUT2D eigenvalue weighted by Gasteiger charge is -2.07. The van der Waals surface area contributed by atoms with Crippen LogP contribution in [0.15, 0.2) is 91.0 Å². The second kappa shape index (κ2) is 15.6. The third-order valence-electron chi connectivity index (χ3n) is 5.66. The summed E-state index contributed by atoms with van der Waals surface area (Å²) in [6, 6.07) is 22.7. The smallest absolute Gasteiger partial charge is 0.336 e. The predicted molar refractivity (Wildman–Crippen MR) is 154 cm³/mol. The maximum absolute atomic E-state index is 12.1. The third-order valence-corrected chi connectivity index (χ3v) is 5.66. The summed E-state index contributed by atoms with van der Waals surface area (Å²) in [5, 5.41) is 0. The van der Waals surface area contributed by atoms with Crippen LogP contribution in [0.4, 0.5) is 0 Å². The lowest BCUT2D eigenvalue weighted by Crippen LogP contribution is -2.06. The highest BCUT2D eigenvalue weighted by atomic mass is 16.5. The van der Waals surface area contributed by atoms with Crippen LogP contribution in [0.3, 0.4) is 0 Å². The SMILES string of the molecule is C=C(C)C(=O)OCCCCCCOc1ccc(C#Cc2ccc(OC(=O)/C=C/c3ccc(C)cc3)cc2)cc1. The molecule has 3 rings (SSSR count). The average Bonchev–Trinajstić information content (AvgIpc) is 2.94. The van der Waals surface area contributed by atoms with Gasteiger partial charge in [0.25, 0.3) is 0 Å². The van der Waals surface area contributed by atoms with Crippen molar-refractivity contribution in [3.05, 3.63) is 113 Å². The Morgan fingerprint density at radius 2 is 1.33 bits per heavy atom. The number of rotatable bonds is 12. The van der Waals surface area contributed by atoms with E-state index in [0.717, 1.165) is 48.1 Å². The molecule has 3 aromatic carbocycles. The molecule has 0 bridgehead atoms. The normalized spacial score (nSPS) is 10.4. The fourth-order valence-electron chi connectivity index (χ4n) is 3.41. The van der Waals surface area contributed by atoms with Crippen molar-refractivity contribution in [3.8, 4) is 23.3 Å². The minimum atomic E-state index is -0.432. The van der Waals surface area contributed by atoms with E-state index in [4.69, 9.17) is 14.2 Å². The Labute approximate surface area is 231 Å². The Hall–Kier alpha value is -4.56. The van der Waals surface area contributed by atoms with Crippen LogP contribution < -0.4 is 9.47 Å². The van der Waals surface area contributed by atoms with E-state index >= 15 is 0 Å².